The van der Waals surface area contributed by atoms with Gasteiger partial charge in [0.2, 0.25) is 5.91 Å². The Morgan fingerprint density at radius 3 is 2.86 bits per heavy atom. The summed E-state index contributed by atoms with van der Waals surface area (Å²) < 4.78 is 5.27. The second kappa shape index (κ2) is 9.87. The summed E-state index contributed by atoms with van der Waals surface area (Å²) in [6, 6.07) is 13.4. The number of rotatable bonds is 8. The van der Waals surface area contributed by atoms with Crippen molar-refractivity contribution in [1.29, 1.82) is 0 Å². The van der Waals surface area contributed by atoms with Crippen molar-refractivity contribution >= 4 is 28.2 Å². The zero-order chi connectivity index (χ0) is 25.1. The van der Waals surface area contributed by atoms with Gasteiger partial charge in [0, 0.05) is 34.5 Å². The Labute approximate surface area is 208 Å². The summed E-state index contributed by atoms with van der Waals surface area (Å²) in [5, 5.41) is 10.5. The first kappa shape index (κ1) is 23.0. The molecule has 0 radical (unpaired) electrons. The van der Waals surface area contributed by atoms with Gasteiger partial charge in [0.1, 0.15) is 5.52 Å². The fraction of sp³-hybridized carbons (Fsp3) is 0.143. The second-order valence-electron chi connectivity index (χ2n) is 8.43. The lowest BCUT2D eigenvalue weighted by Crippen LogP contribution is -2.10. The van der Waals surface area contributed by atoms with Crippen molar-refractivity contribution in [1.82, 2.24) is 25.1 Å². The third-order valence-electron chi connectivity index (χ3n) is 5.81. The average molecular weight is 479 g/mol. The van der Waals surface area contributed by atoms with Gasteiger partial charge in [-0.15, -0.1) is 0 Å². The molecule has 5 rings (SSSR count). The number of H-pyrrole nitrogens is 2. The van der Waals surface area contributed by atoms with Crippen molar-refractivity contribution < 1.29 is 9.21 Å². The van der Waals surface area contributed by atoms with Crippen LogP contribution in [-0.4, -0.2) is 31.1 Å². The molecule has 8 heteroatoms. The maximum absolute atomic E-state index is 12.0. The molecule has 180 valence electrons. The molecule has 0 saturated carbocycles. The number of carbonyl (C=O) groups excluding carboxylic acids is 1. The number of fused-ring (bicyclic) bond motifs is 1. The van der Waals surface area contributed by atoms with Crippen LogP contribution in [0, 0.1) is 6.92 Å². The van der Waals surface area contributed by atoms with E-state index in [-0.39, 0.29) is 5.91 Å². The first-order valence-corrected chi connectivity index (χ1v) is 11.8. The first-order chi connectivity index (χ1) is 17.6. The molecule has 0 aliphatic heterocycles. The number of aromatic amines is 2. The smallest absolute Gasteiger partial charge is 0.224 e. The Morgan fingerprint density at radius 1 is 1.19 bits per heavy atom. The molecule has 5 aromatic rings. The second-order valence-corrected chi connectivity index (χ2v) is 8.43. The Kier molecular flexibility index (Phi) is 6.32. The normalized spacial score (nSPS) is 11.7. The van der Waals surface area contributed by atoms with Gasteiger partial charge < -0.3 is 14.7 Å². The van der Waals surface area contributed by atoms with Crippen molar-refractivity contribution in [2.24, 2.45) is 0 Å². The number of benzene rings is 1. The molecule has 1 aromatic carbocycles. The zero-order valence-corrected chi connectivity index (χ0v) is 20.1. The number of aromatic nitrogens is 5. The number of imidazole rings is 1. The lowest BCUT2D eigenvalue weighted by Gasteiger charge is -2.07. The molecule has 0 aliphatic carbocycles. The van der Waals surface area contributed by atoms with Crippen molar-refractivity contribution in [3.63, 3.8) is 0 Å². The van der Waals surface area contributed by atoms with Crippen molar-refractivity contribution in [3.8, 4) is 22.8 Å². The fourth-order valence-corrected chi connectivity index (χ4v) is 4.11. The quantitative estimate of drug-likeness (QED) is 0.227. The summed E-state index contributed by atoms with van der Waals surface area (Å²) in [5.41, 5.74) is 8.02. The van der Waals surface area contributed by atoms with Gasteiger partial charge in [0.05, 0.1) is 29.4 Å². The molecule has 0 unspecified atom stereocenters. The molecule has 0 aliphatic rings. The SMILES string of the molecule is C=C/C=C(/c1ccoc1)c1nc(-c2n[nH]c3ccc(-c4cccc(NC(=O)CCC)c4)nc23)[nH]c1C. The molecule has 4 aromatic heterocycles. The molecular formula is C28H26N6O2. The zero-order valence-electron chi connectivity index (χ0n) is 20.1. The van der Waals surface area contributed by atoms with Crippen LogP contribution in [0.25, 0.3) is 39.4 Å². The molecule has 0 fully saturated rings. The van der Waals surface area contributed by atoms with Gasteiger partial charge in [-0.05, 0) is 43.7 Å². The van der Waals surface area contributed by atoms with Gasteiger partial charge >= 0.3 is 0 Å². The molecule has 36 heavy (non-hydrogen) atoms. The van der Waals surface area contributed by atoms with E-state index in [0.717, 1.165) is 51.4 Å². The minimum absolute atomic E-state index is 0.000492. The molecule has 1 amide bonds. The predicted octanol–water partition coefficient (Wildman–Crippen LogP) is 6.27. The molecule has 3 N–H and O–H groups in total. The number of nitrogens with zero attached hydrogens (tertiary/aromatic N) is 3. The van der Waals surface area contributed by atoms with E-state index in [0.29, 0.717) is 23.5 Å². The average Bonchev–Trinajstić information content (AvgIpc) is 3.62. The number of hydrogen-bond acceptors (Lipinski definition) is 5. The van der Waals surface area contributed by atoms with Crippen LogP contribution in [0.15, 0.2) is 78.1 Å². The van der Waals surface area contributed by atoms with E-state index in [2.05, 4.69) is 27.1 Å². The van der Waals surface area contributed by atoms with E-state index >= 15 is 0 Å². The molecule has 8 nitrogen and oxygen atoms in total. The van der Waals surface area contributed by atoms with Gasteiger partial charge in [0.25, 0.3) is 0 Å². The monoisotopic (exact) mass is 478 g/mol. The van der Waals surface area contributed by atoms with Crippen LogP contribution >= 0.6 is 0 Å². The Morgan fingerprint density at radius 2 is 2.08 bits per heavy atom. The largest absolute Gasteiger partial charge is 0.472 e. The van der Waals surface area contributed by atoms with Crippen LogP contribution in [0.4, 0.5) is 5.69 Å². The topological polar surface area (TPSA) is 112 Å². The van der Waals surface area contributed by atoms with Crippen molar-refractivity contribution in [2.45, 2.75) is 26.7 Å². The molecule has 0 saturated heterocycles. The van der Waals surface area contributed by atoms with E-state index in [9.17, 15) is 4.79 Å². The van der Waals surface area contributed by atoms with Crippen LogP contribution < -0.4 is 5.32 Å². The summed E-state index contributed by atoms with van der Waals surface area (Å²) in [6.45, 7) is 7.79. The number of amides is 1. The Hall–Kier alpha value is -4.72. The number of carbonyl (C=O) groups is 1. The van der Waals surface area contributed by atoms with Crippen LogP contribution in [0.1, 0.15) is 36.7 Å². The summed E-state index contributed by atoms with van der Waals surface area (Å²) in [5.74, 6) is 0.608. The lowest BCUT2D eigenvalue weighted by molar-refractivity contribution is -0.116. The molecule has 0 spiro atoms. The third kappa shape index (κ3) is 4.48. The van der Waals surface area contributed by atoms with E-state index in [1.54, 1.807) is 18.6 Å². The molecular weight excluding hydrogens is 452 g/mol. The van der Waals surface area contributed by atoms with Gasteiger partial charge in [-0.25, -0.2) is 9.97 Å². The number of hydrogen-bond donors (Lipinski definition) is 3. The number of furan rings is 1. The highest BCUT2D eigenvalue weighted by Gasteiger charge is 2.19. The molecule has 0 bridgehead atoms. The van der Waals surface area contributed by atoms with E-state index < -0.39 is 0 Å². The van der Waals surface area contributed by atoms with Crippen LogP contribution in [0.3, 0.4) is 0 Å². The minimum Gasteiger partial charge on any atom is -0.472 e. The van der Waals surface area contributed by atoms with Gasteiger partial charge in [0.15, 0.2) is 11.5 Å². The number of nitrogens with one attached hydrogen (secondary N) is 3. The highest BCUT2D eigenvalue weighted by Crippen LogP contribution is 2.31. The Bertz CT molecular complexity index is 1570. The Balaban J connectivity index is 1.52. The maximum Gasteiger partial charge on any atom is 0.224 e. The number of allylic oxidation sites excluding steroid dienone is 2. The van der Waals surface area contributed by atoms with Crippen molar-refractivity contribution in [3.05, 3.63) is 90.7 Å². The number of anilines is 1. The third-order valence-corrected chi connectivity index (χ3v) is 5.81. The standard InChI is InChI=1S/C28H26N6O2/c1-4-7-21(19-13-14-36-16-19)25-17(3)29-28(32-25)27-26-23(33-34-27)12-11-22(31-26)18-9-6-10-20(15-18)30-24(35)8-5-2/h4,6-7,9-16H,1,5,8H2,2-3H3,(H,29,32)(H,30,35)(H,33,34)/b21-7-. The van der Waals surface area contributed by atoms with E-state index in [1.807, 2.05) is 62.4 Å². The summed E-state index contributed by atoms with van der Waals surface area (Å²) in [4.78, 5) is 25.1. The fourth-order valence-electron chi connectivity index (χ4n) is 4.11. The number of pyridine rings is 1. The van der Waals surface area contributed by atoms with Crippen LogP contribution in [-0.2, 0) is 4.79 Å². The molecule has 0 atom stereocenters. The summed E-state index contributed by atoms with van der Waals surface area (Å²) in [7, 11) is 0. The van der Waals surface area contributed by atoms with Crippen molar-refractivity contribution in [2.75, 3.05) is 5.32 Å². The maximum atomic E-state index is 12.0. The lowest BCUT2D eigenvalue weighted by atomic mass is 10.0. The van der Waals surface area contributed by atoms with Crippen LogP contribution in [0.2, 0.25) is 0 Å². The number of aryl methyl sites for hydroxylation is 1. The van der Waals surface area contributed by atoms with Crippen LogP contribution in [0.5, 0.6) is 0 Å². The van der Waals surface area contributed by atoms with Gasteiger partial charge in [-0.1, -0.05) is 37.8 Å². The van der Waals surface area contributed by atoms with Gasteiger partial charge in [-0.3, -0.25) is 9.89 Å². The van der Waals surface area contributed by atoms with E-state index in [4.69, 9.17) is 14.4 Å². The highest BCUT2D eigenvalue weighted by molar-refractivity contribution is 5.92. The molecule has 4 heterocycles. The summed E-state index contributed by atoms with van der Waals surface area (Å²) in [6.07, 6.45) is 8.23. The highest BCUT2D eigenvalue weighted by atomic mass is 16.3. The minimum atomic E-state index is -0.000492. The predicted molar refractivity (Wildman–Crippen MR) is 141 cm³/mol. The van der Waals surface area contributed by atoms with Gasteiger partial charge in [-0.2, -0.15) is 5.10 Å². The van der Waals surface area contributed by atoms with E-state index in [1.165, 1.54) is 0 Å². The summed E-state index contributed by atoms with van der Waals surface area (Å²) >= 11 is 0. The first-order valence-electron chi connectivity index (χ1n) is 11.8.